The number of hydrogen-bond acceptors (Lipinski definition) is 2. The van der Waals surface area contributed by atoms with Gasteiger partial charge in [0.1, 0.15) is 11.2 Å². The number of allylic oxidation sites excluding steroid dienone is 4. The van der Waals surface area contributed by atoms with Crippen molar-refractivity contribution < 1.29 is 4.42 Å². The van der Waals surface area contributed by atoms with Crippen LogP contribution in [0.1, 0.15) is 22.3 Å². The Morgan fingerprint density at radius 3 is 2.18 bits per heavy atom. The summed E-state index contributed by atoms with van der Waals surface area (Å²) in [6.45, 7) is 4.48. The number of nitrogens with zero attached hydrogens (tertiary/aromatic N) is 1. The lowest BCUT2D eigenvalue weighted by Gasteiger charge is -2.26. The van der Waals surface area contributed by atoms with Crippen molar-refractivity contribution in [2.75, 3.05) is 4.90 Å². The predicted octanol–water partition coefficient (Wildman–Crippen LogP) is 9.94. The van der Waals surface area contributed by atoms with Crippen LogP contribution in [0.5, 0.6) is 0 Å². The van der Waals surface area contributed by atoms with E-state index in [2.05, 4.69) is 139 Å². The van der Waals surface area contributed by atoms with Gasteiger partial charge in [-0.2, -0.15) is 0 Å². The molecule has 0 spiro atoms. The maximum absolute atomic E-state index is 6.37. The third kappa shape index (κ3) is 4.26. The zero-order valence-electron chi connectivity index (χ0n) is 21.5. The molecule has 2 nitrogen and oxygen atoms in total. The molecule has 5 aromatic carbocycles. The summed E-state index contributed by atoms with van der Waals surface area (Å²) in [4.78, 5) is 2.25. The lowest BCUT2D eigenvalue weighted by atomic mass is 9.95. The van der Waals surface area contributed by atoms with Gasteiger partial charge in [0.2, 0.25) is 0 Å². The van der Waals surface area contributed by atoms with Crippen LogP contribution in [0.4, 0.5) is 11.4 Å². The first-order chi connectivity index (χ1) is 19.2. The first-order valence-corrected chi connectivity index (χ1v) is 13.3. The standard InChI is InChI=1S/C37H27NO/c1-26-24-29(32-14-9-15-34-33-13-6-8-17-36(33)39-37(32)34)22-23-38(35-16-7-5-12-31(26)35)30-20-18-28(19-21-30)25-27-10-3-2-4-11-27/h2-24H,1,25H2/b23-22-,29-24+. The molecule has 2 heterocycles. The van der Waals surface area contributed by atoms with Crippen LogP contribution in [0, 0.1) is 0 Å². The van der Waals surface area contributed by atoms with Gasteiger partial charge in [-0.25, -0.2) is 0 Å². The van der Waals surface area contributed by atoms with Crippen molar-refractivity contribution in [2.24, 2.45) is 0 Å². The molecule has 1 aromatic heterocycles. The fourth-order valence-electron chi connectivity index (χ4n) is 5.48. The lowest BCUT2D eigenvalue weighted by molar-refractivity contribution is 0.668. The van der Waals surface area contributed by atoms with Crippen molar-refractivity contribution in [1.29, 1.82) is 0 Å². The van der Waals surface area contributed by atoms with Crippen molar-refractivity contribution in [3.63, 3.8) is 0 Å². The van der Waals surface area contributed by atoms with E-state index in [0.717, 1.165) is 62.0 Å². The van der Waals surface area contributed by atoms with E-state index < -0.39 is 0 Å². The van der Waals surface area contributed by atoms with E-state index in [1.54, 1.807) is 0 Å². The third-order valence-electron chi connectivity index (χ3n) is 7.42. The summed E-state index contributed by atoms with van der Waals surface area (Å²) in [6, 6.07) is 42.5. The first kappa shape index (κ1) is 23.1. The number of fused-ring (bicyclic) bond motifs is 4. The van der Waals surface area contributed by atoms with E-state index >= 15 is 0 Å². The molecule has 2 heteroatoms. The van der Waals surface area contributed by atoms with E-state index in [-0.39, 0.29) is 0 Å². The van der Waals surface area contributed by atoms with Crippen molar-refractivity contribution >= 4 is 44.5 Å². The molecule has 0 bridgehead atoms. The number of furan rings is 1. The first-order valence-electron chi connectivity index (χ1n) is 13.3. The molecule has 0 unspecified atom stereocenters. The molecule has 186 valence electrons. The van der Waals surface area contributed by atoms with Gasteiger partial charge in [-0.15, -0.1) is 0 Å². The summed E-state index contributed by atoms with van der Waals surface area (Å²) in [7, 11) is 0. The molecule has 6 aromatic rings. The highest BCUT2D eigenvalue weighted by molar-refractivity contribution is 6.09. The zero-order valence-corrected chi connectivity index (χ0v) is 21.5. The zero-order chi connectivity index (χ0) is 26.2. The van der Waals surface area contributed by atoms with Crippen LogP contribution in [-0.4, -0.2) is 0 Å². The quantitative estimate of drug-likeness (QED) is 0.239. The summed E-state index contributed by atoms with van der Waals surface area (Å²) in [5, 5.41) is 2.25. The van der Waals surface area contributed by atoms with E-state index in [9.17, 15) is 0 Å². The van der Waals surface area contributed by atoms with Crippen LogP contribution < -0.4 is 4.90 Å². The van der Waals surface area contributed by atoms with Crippen molar-refractivity contribution in [3.05, 3.63) is 169 Å². The molecule has 0 atom stereocenters. The highest BCUT2D eigenvalue weighted by Crippen LogP contribution is 2.39. The Balaban J connectivity index is 1.31. The Morgan fingerprint density at radius 2 is 1.31 bits per heavy atom. The maximum atomic E-state index is 6.37. The van der Waals surface area contributed by atoms with E-state index in [4.69, 9.17) is 4.42 Å². The summed E-state index contributed by atoms with van der Waals surface area (Å²) in [6.07, 6.45) is 7.40. The average molecular weight is 502 g/mol. The summed E-state index contributed by atoms with van der Waals surface area (Å²) in [5.74, 6) is 0. The summed E-state index contributed by atoms with van der Waals surface area (Å²) >= 11 is 0. The second kappa shape index (κ2) is 9.66. The van der Waals surface area contributed by atoms with Gasteiger partial charge in [0.05, 0.1) is 5.69 Å². The van der Waals surface area contributed by atoms with Crippen LogP contribution in [0.2, 0.25) is 0 Å². The van der Waals surface area contributed by atoms with Gasteiger partial charge in [0.15, 0.2) is 0 Å². The van der Waals surface area contributed by atoms with Crippen molar-refractivity contribution in [3.8, 4) is 0 Å². The molecule has 39 heavy (non-hydrogen) atoms. The molecule has 0 N–H and O–H groups in total. The number of para-hydroxylation sites is 3. The molecule has 0 amide bonds. The molecular weight excluding hydrogens is 474 g/mol. The number of hydrogen-bond donors (Lipinski definition) is 0. The van der Waals surface area contributed by atoms with Gasteiger partial charge >= 0.3 is 0 Å². The van der Waals surface area contributed by atoms with Crippen LogP contribution >= 0.6 is 0 Å². The fraction of sp³-hybridized carbons (Fsp3) is 0.0270. The summed E-state index contributed by atoms with van der Waals surface area (Å²) in [5.41, 5.74) is 10.8. The van der Waals surface area contributed by atoms with Gasteiger partial charge in [0.25, 0.3) is 0 Å². The van der Waals surface area contributed by atoms with E-state index in [1.165, 1.54) is 11.1 Å². The minimum absolute atomic E-state index is 0.896. The molecule has 1 aliphatic rings. The molecular formula is C37H27NO. The van der Waals surface area contributed by atoms with Gasteiger partial charge in [-0.1, -0.05) is 104 Å². The predicted molar refractivity (Wildman–Crippen MR) is 164 cm³/mol. The Labute approximate surface area is 228 Å². The van der Waals surface area contributed by atoms with Crippen molar-refractivity contribution in [1.82, 2.24) is 0 Å². The lowest BCUT2D eigenvalue weighted by Crippen LogP contribution is -2.12. The van der Waals surface area contributed by atoms with Crippen LogP contribution in [0.3, 0.4) is 0 Å². The highest BCUT2D eigenvalue weighted by atomic mass is 16.3. The molecule has 1 aliphatic heterocycles. The average Bonchev–Trinajstić information content (AvgIpc) is 3.36. The molecule has 0 radical (unpaired) electrons. The Kier molecular flexibility index (Phi) is 5.71. The normalized spacial score (nSPS) is 15.4. The van der Waals surface area contributed by atoms with Gasteiger partial charge in [-0.05, 0) is 65.1 Å². The maximum Gasteiger partial charge on any atom is 0.143 e. The molecule has 0 aliphatic carbocycles. The molecule has 0 saturated carbocycles. The van der Waals surface area contributed by atoms with Crippen LogP contribution in [0.25, 0.3) is 33.1 Å². The minimum Gasteiger partial charge on any atom is -0.455 e. The largest absolute Gasteiger partial charge is 0.455 e. The van der Waals surface area contributed by atoms with E-state index in [1.807, 2.05) is 12.1 Å². The second-order valence-corrected chi connectivity index (χ2v) is 9.94. The monoisotopic (exact) mass is 501 g/mol. The molecule has 0 saturated heterocycles. The highest BCUT2D eigenvalue weighted by Gasteiger charge is 2.18. The van der Waals surface area contributed by atoms with Crippen LogP contribution in [0.15, 0.2) is 151 Å². The van der Waals surface area contributed by atoms with Crippen LogP contribution in [-0.2, 0) is 6.42 Å². The number of rotatable bonds is 4. The molecule has 0 fully saturated rings. The molecule has 7 rings (SSSR count). The smallest absolute Gasteiger partial charge is 0.143 e. The topological polar surface area (TPSA) is 16.4 Å². The second-order valence-electron chi connectivity index (χ2n) is 9.94. The fourth-order valence-corrected chi connectivity index (χ4v) is 5.48. The van der Waals surface area contributed by atoms with Gasteiger partial charge < -0.3 is 9.32 Å². The third-order valence-corrected chi connectivity index (χ3v) is 7.42. The Hall–Kier alpha value is -5.08. The van der Waals surface area contributed by atoms with Gasteiger partial charge in [-0.3, -0.25) is 0 Å². The SMILES string of the molecule is C=C1/C=C(c2cccc3c2oc2ccccc23)\C=C/N(c2ccc(Cc3ccccc3)cc2)c2ccccc21. The Morgan fingerprint density at radius 1 is 0.615 bits per heavy atom. The minimum atomic E-state index is 0.896. The Bertz CT molecular complexity index is 1890. The number of anilines is 2. The van der Waals surface area contributed by atoms with E-state index in [0.29, 0.717) is 0 Å². The summed E-state index contributed by atoms with van der Waals surface area (Å²) < 4.78 is 6.37. The van der Waals surface area contributed by atoms with Gasteiger partial charge in [0, 0.05) is 33.8 Å². The number of benzene rings is 5. The van der Waals surface area contributed by atoms with Crippen molar-refractivity contribution in [2.45, 2.75) is 6.42 Å².